The van der Waals surface area contributed by atoms with Gasteiger partial charge in [0.15, 0.2) is 11.2 Å². The molecule has 0 N–H and O–H groups in total. The molecule has 0 saturated carbocycles. The van der Waals surface area contributed by atoms with E-state index in [2.05, 4.69) is 419 Å². The molecule has 0 spiro atoms. The quantitative estimate of drug-likeness (QED) is 0.122. The van der Waals surface area contributed by atoms with Crippen molar-refractivity contribution in [3.8, 4) is 55.9 Å². The molecule has 0 amide bonds. The zero-order chi connectivity index (χ0) is 73.7. The summed E-state index contributed by atoms with van der Waals surface area (Å²) >= 11 is 3.71. The number of para-hydroxylation sites is 8. The molecule has 17 aromatic carbocycles. The van der Waals surface area contributed by atoms with Crippen molar-refractivity contribution in [1.82, 2.24) is 9.13 Å². The summed E-state index contributed by atoms with van der Waals surface area (Å²) in [6.07, 6.45) is 0. The van der Waals surface area contributed by atoms with Gasteiger partial charge in [-0.15, -0.1) is 22.7 Å². The van der Waals surface area contributed by atoms with Crippen LogP contribution in [0.3, 0.4) is 0 Å². The molecule has 0 atom stereocenters. The second-order valence-electron chi connectivity index (χ2n) is 28.5. The first-order valence-electron chi connectivity index (χ1n) is 38.0. The molecule has 8 heteroatoms. The lowest BCUT2D eigenvalue weighted by Crippen LogP contribution is -2.11. The molecule has 0 bridgehead atoms. The van der Waals surface area contributed by atoms with Gasteiger partial charge in [0.1, 0.15) is 22.2 Å². The predicted octanol–water partition coefficient (Wildman–Crippen LogP) is 30.6. The summed E-state index contributed by atoms with van der Waals surface area (Å²) in [5.41, 5.74) is 25.9. The van der Waals surface area contributed by atoms with Crippen molar-refractivity contribution in [2.45, 2.75) is 0 Å². The van der Waals surface area contributed by atoms with Gasteiger partial charge in [0.05, 0.1) is 43.2 Å². The number of hydrogen-bond acceptors (Lipinski definition) is 6. The van der Waals surface area contributed by atoms with E-state index in [-0.39, 0.29) is 0 Å². The molecule has 0 radical (unpaired) electrons. The van der Waals surface area contributed by atoms with Crippen LogP contribution in [0.1, 0.15) is 0 Å². The Labute approximate surface area is 653 Å². The second-order valence-corrected chi connectivity index (χ2v) is 30.6. The van der Waals surface area contributed by atoms with E-state index >= 15 is 0 Å². The minimum Gasteiger partial charge on any atom is -0.453 e. The maximum absolute atomic E-state index is 7.07. The SMILES string of the molecule is c1ccc(-c2ccc(N(c3ccccc3-c3cccc4c3oc3c5ccccc5n(-c5ccccc5)c43)c3cccc4c3sc3ccccc34)cc2)cc1.c1ccc(-n2c3ccccc3c3oc4c(-c5ccccc5N(c5ccc(-c6cccc7ccccc67)cc5)c5cccc6c5sc5ccccc56)cccc4c32)cc1. The van der Waals surface area contributed by atoms with Crippen LogP contribution in [0.5, 0.6) is 0 Å². The molecule has 0 aliphatic carbocycles. The monoisotopic (exact) mass is 1470 g/mol. The largest absolute Gasteiger partial charge is 0.453 e. The highest BCUT2D eigenvalue weighted by Crippen LogP contribution is 2.53. The van der Waals surface area contributed by atoms with Gasteiger partial charge < -0.3 is 27.8 Å². The molecule has 23 aromatic rings. The average molecular weight is 1470 g/mol. The minimum atomic E-state index is 0.877. The number of furan rings is 2. The molecular weight excluding hydrogens is 1400 g/mol. The Balaban J connectivity index is 0.000000138. The highest BCUT2D eigenvalue weighted by atomic mass is 32.1. The molecule has 0 fully saturated rings. The molecule has 6 nitrogen and oxygen atoms in total. The molecule has 0 aliphatic rings. The molecule has 23 rings (SSSR count). The summed E-state index contributed by atoms with van der Waals surface area (Å²) in [5, 5.41) is 11.9. The fourth-order valence-electron chi connectivity index (χ4n) is 17.2. The summed E-state index contributed by atoms with van der Waals surface area (Å²) in [7, 11) is 0. The summed E-state index contributed by atoms with van der Waals surface area (Å²) in [5.74, 6) is 0. The molecule has 0 aliphatic heterocycles. The number of nitrogens with zero attached hydrogens (tertiary/aromatic N) is 4. The van der Waals surface area contributed by atoms with Gasteiger partial charge in [-0.1, -0.05) is 279 Å². The number of anilines is 6. The van der Waals surface area contributed by atoms with Gasteiger partial charge in [-0.25, -0.2) is 0 Å². The van der Waals surface area contributed by atoms with Gasteiger partial charge >= 0.3 is 0 Å². The van der Waals surface area contributed by atoms with Crippen LogP contribution in [-0.2, 0) is 0 Å². The van der Waals surface area contributed by atoms with Gasteiger partial charge in [0.2, 0.25) is 0 Å². The standard InChI is InChI=1S/C54H34N2OS.C50H32N2OS/c1-2-17-37(18-3-1)56-48-28-10-7-22-45(48)53-51(56)46-26-13-24-43(52(46)57-53)41-20-6-9-27-47(41)55(49-29-14-25-44-42-21-8-11-30-50(42)58-54(44)49)38-33-31-36(32-34-38)40-23-12-16-35-15-4-5-19-39(35)40;1-3-15-33(16-4-1)34-29-31-36(32-30-34)51(45-27-14-23-40-38-20-9-12-28-46(38)54-50(40)45)43-25-10-7-19-37(43)39-22-13-24-42-47-49(53-48(39)42)41-21-8-11-26-44(41)52(47)35-17-5-2-6-18-35/h1-34H;1-32H. The van der Waals surface area contributed by atoms with Crippen LogP contribution in [-0.4, -0.2) is 9.13 Å². The number of thiophene rings is 2. The van der Waals surface area contributed by atoms with E-state index in [0.717, 1.165) is 134 Å². The smallest absolute Gasteiger partial charge is 0.161 e. The van der Waals surface area contributed by atoms with E-state index in [4.69, 9.17) is 8.83 Å². The fraction of sp³-hybridized carbons (Fsp3) is 0. The number of rotatable bonds is 12. The van der Waals surface area contributed by atoms with Crippen LogP contribution in [0.4, 0.5) is 34.1 Å². The van der Waals surface area contributed by atoms with E-state index in [0.29, 0.717) is 0 Å². The Bertz CT molecular complexity index is 7570. The Morgan fingerprint density at radius 2 is 0.554 bits per heavy atom. The Kier molecular flexibility index (Phi) is 15.5. The summed E-state index contributed by atoms with van der Waals surface area (Å²) in [6, 6.07) is 144. The number of benzene rings is 17. The Hall–Kier alpha value is -14.3. The summed E-state index contributed by atoms with van der Waals surface area (Å²) < 4.78 is 23.9. The zero-order valence-electron chi connectivity index (χ0n) is 60.5. The van der Waals surface area contributed by atoms with Crippen LogP contribution in [0, 0.1) is 0 Å². The van der Waals surface area contributed by atoms with E-state index < -0.39 is 0 Å². The third kappa shape index (κ3) is 10.6. The van der Waals surface area contributed by atoms with E-state index in [1.807, 2.05) is 22.7 Å². The Morgan fingerprint density at radius 1 is 0.214 bits per heavy atom. The number of aromatic nitrogens is 2. The lowest BCUT2D eigenvalue weighted by atomic mass is 9.97. The maximum Gasteiger partial charge on any atom is 0.161 e. The number of hydrogen-bond donors (Lipinski definition) is 0. The average Bonchev–Trinajstić information content (AvgIpc) is 1.56. The van der Waals surface area contributed by atoms with E-state index in [1.165, 1.54) is 73.4 Å². The Morgan fingerprint density at radius 3 is 1.06 bits per heavy atom. The second kappa shape index (κ2) is 26.8. The fourth-order valence-corrected chi connectivity index (χ4v) is 19.6. The van der Waals surface area contributed by atoms with Crippen LogP contribution in [0.25, 0.3) is 173 Å². The molecule has 0 saturated heterocycles. The topological polar surface area (TPSA) is 42.6 Å². The molecule has 112 heavy (non-hydrogen) atoms. The highest BCUT2D eigenvalue weighted by molar-refractivity contribution is 7.26. The van der Waals surface area contributed by atoms with Crippen LogP contribution < -0.4 is 9.80 Å². The van der Waals surface area contributed by atoms with Gasteiger partial charge in [-0.05, 0) is 154 Å². The van der Waals surface area contributed by atoms with Crippen LogP contribution >= 0.6 is 22.7 Å². The van der Waals surface area contributed by atoms with Gasteiger partial charge in [0.25, 0.3) is 0 Å². The van der Waals surface area contributed by atoms with E-state index in [9.17, 15) is 0 Å². The first-order chi connectivity index (χ1) is 55.6. The van der Waals surface area contributed by atoms with Gasteiger partial charge in [0, 0.05) is 97.5 Å². The third-order valence-corrected chi connectivity index (χ3v) is 24.6. The molecule has 0 unspecified atom stereocenters. The van der Waals surface area contributed by atoms with Crippen molar-refractivity contribution in [3.63, 3.8) is 0 Å². The lowest BCUT2D eigenvalue weighted by Gasteiger charge is -2.28. The van der Waals surface area contributed by atoms with Crippen molar-refractivity contribution in [3.05, 3.63) is 400 Å². The molecule has 526 valence electrons. The van der Waals surface area contributed by atoms with Crippen molar-refractivity contribution in [2.24, 2.45) is 0 Å². The normalized spacial score (nSPS) is 11.8. The predicted molar refractivity (Wildman–Crippen MR) is 476 cm³/mol. The first-order valence-corrected chi connectivity index (χ1v) is 39.6. The summed E-state index contributed by atoms with van der Waals surface area (Å²) in [4.78, 5) is 4.88. The van der Waals surface area contributed by atoms with Gasteiger partial charge in [-0.2, -0.15) is 0 Å². The van der Waals surface area contributed by atoms with Crippen LogP contribution in [0.15, 0.2) is 409 Å². The molecule has 6 heterocycles. The molecular formula is C104H66N4O2S2. The van der Waals surface area contributed by atoms with Crippen molar-refractivity contribution in [2.75, 3.05) is 9.80 Å². The van der Waals surface area contributed by atoms with Crippen molar-refractivity contribution >= 4 is 174 Å². The first kappa shape index (κ1) is 64.9. The molecule has 6 aromatic heterocycles. The van der Waals surface area contributed by atoms with Gasteiger partial charge in [-0.3, -0.25) is 0 Å². The summed E-state index contributed by atoms with van der Waals surface area (Å²) in [6.45, 7) is 0. The van der Waals surface area contributed by atoms with E-state index in [1.54, 1.807) is 0 Å². The van der Waals surface area contributed by atoms with Crippen molar-refractivity contribution in [1.29, 1.82) is 0 Å². The minimum absolute atomic E-state index is 0.877. The van der Waals surface area contributed by atoms with Crippen LogP contribution in [0.2, 0.25) is 0 Å². The number of fused-ring (bicyclic) bond motifs is 17. The highest BCUT2D eigenvalue weighted by Gasteiger charge is 2.29. The lowest BCUT2D eigenvalue weighted by molar-refractivity contribution is 0.673. The third-order valence-electron chi connectivity index (χ3n) is 22.2. The zero-order valence-corrected chi connectivity index (χ0v) is 62.2. The van der Waals surface area contributed by atoms with Crippen molar-refractivity contribution < 1.29 is 8.83 Å². The maximum atomic E-state index is 7.07.